The predicted octanol–water partition coefficient (Wildman–Crippen LogP) is 4.43. The first-order valence-electron chi connectivity index (χ1n) is 6.71. The topological polar surface area (TPSA) is 20.3 Å². The third-order valence-electron chi connectivity index (χ3n) is 2.90. The summed E-state index contributed by atoms with van der Waals surface area (Å²) in [6, 6.07) is 8.15. The summed E-state index contributed by atoms with van der Waals surface area (Å²) in [6.07, 6.45) is 0. The van der Waals surface area contributed by atoms with Crippen molar-refractivity contribution in [2.24, 2.45) is 5.41 Å². The summed E-state index contributed by atoms with van der Waals surface area (Å²) in [7, 11) is 0. The number of hydrogen-bond acceptors (Lipinski definition) is 1. The Bertz CT molecular complexity index is 435. The largest absolute Gasteiger partial charge is 0.311 e. The molecule has 0 aliphatic carbocycles. The lowest BCUT2D eigenvalue weighted by atomic mass is 9.95. The molecule has 1 rings (SSSR count). The number of carbonyl (C=O) groups is 1. The van der Waals surface area contributed by atoms with Gasteiger partial charge in [0.25, 0.3) is 0 Å². The summed E-state index contributed by atoms with van der Waals surface area (Å²) in [5.74, 6) is 0.419. The molecule has 0 aromatic heterocycles. The number of amides is 1. The van der Waals surface area contributed by atoms with Gasteiger partial charge in [0.05, 0.1) is 0 Å². The Hall–Kier alpha value is -1.02. The van der Waals surface area contributed by atoms with Crippen LogP contribution in [0.4, 0.5) is 5.69 Å². The molecule has 0 fully saturated rings. The highest BCUT2D eigenvalue weighted by Crippen LogP contribution is 2.25. The lowest BCUT2D eigenvalue weighted by Gasteiger charge is -2.30. The van der Waals surface area contributed by atoms with Crippen molar-refractivity contribution < 1.29 is 4.79 Å². The van der Waals surface area contributed by atoms with Crippen LogP contribution in [0.2, 0.25) is 0 Å². The number of alkyl halides is 1. The fourth-order valence-electron chi connectivity index (χ4n) is 1.92. The summed E-state index contributed by atoms with van der Waals surface area (Å²) >= 11 is 5.74. The minimum absolute atomic E-state index is 0.0159. The second-order valence-corrected chi connectivity index (χ2v) is 6.69. The summed E-state index contributed by atoms with van der Waals surface area (Å²) in [5, 5.41) is 0. The first kappa shape index (κ1) is 16.0. The molecule has 1 aromatic carbocycles. The molecule has 0 saturated heterocycles. The van der Waals surface area contributed by atoms with E-state index in [1.165, 1.54) is 5.56 Å². The van der Waals surface area contributed by atoms with Crippen molar-refractivity contribution in [3.8, 4) is 0 Å². The molecule has 0 saturated carbocycles. The Kier molecular flexibility index (Phi) is 5.42. The summed E-state index contributed by atoms with van der Waals surface area (Å²) in [5.41, 5.74) is 2.21. The van der Waals surface area contributed by atoms with Crippen molar-refractivity contribution in [2.75, 3.05) is 17.3 Å². The van der Waals surface area contributed by atoms with E-state index in [1.54, 1.807) is 4.90 Å². The molecule has 106 valence electrons. The van der Waals surface area contributed by atoms with Gasteiger partial charge >= 0.3 is 0 Å². The minimum Gasteiger partial charge on any atom is -0.311 e. The van der Waals surface area contributed by atoms with Crippen molar-refractivity contribution >= 4 is 23.2 Å². The quantitative estimate of drug-likeness (QED) is 0.748. The first-order chi connectivity index (χ1) is 8.74. The Balaban J connectivity index is 3.10. The Morgan fingerprint density at radius 1 is 1.32 bits per heavy atom. The molecule has 0 unspecified atom stereocenters. The highest BCUT2D eigenvalue weighted by atomic mass is 35.5. The van der Waals surface area contributed by atoms with E-state index in [2.05, 4.69) is 46.8 Å². The van der Waals surface area contributed by atoms with E-state index in [1.807, 2.05) is 12.1 Å². The number of anilines is 1. The molecule has 0 bridgehead atoms. The third-order valence-corrected chi connectivity index (χ3v) is 3.13. The second kappa shape index (κ2) is 6.42. The molecule has 0 atom stereocenters. The van der Waals surface area contributed by atoms with E-state index in [0.717, 1.165) is 5.69 Å². The van der Waals surface area contributed by atoms with Crippen molar-refractivity contribution in [3.05, 3.63) is 29.8 Å². The molecule has 3 heteroatoms. The average molecular weight is 282 g/mol. The molecule has 0 spiro atoms. The molecule has 1 aromatic rings. The molecular formula is C16H24ClNO. The maximum atomic E-state index is 12.1. The zero-order valence-corrected chi connectivity index (χ0v) is 13.3. The van der Waals surface area contributed by atoms with Gasteiger partial charge in [0, 0.05) is 12.2 Å². The number of benzene rings is 1. The maximum absolute atomic E-state index is 12.1. The molecule has 19 heavy (non-hydrogen) atoms. The number of nitrogens with zero attached hydrogens (tertiary/aromatic N) is 1. The Morgan fingerprint density at radius 2 is 1.95 bits per heavy atom. The lowest BCUT2D eigenvalue weighted by Crippen LogP contribution is -2.38. The highest BCUT2D eigenvalue weighted by molar-refractivity contribution is 6.29. The first-order valence-corrected chi connectivity index (χ1v) is 7.24. The van der Waals surface area contributed by atoms with Crippen molar-refractivity contribution in [2.45, 2.75) is 40.5 Å². The van der Waals surface area contributed by atoms with E-state index in [-0.39, 0.29) is 17.2 Å². The van der Waals surface area contributed by atoms with Gasteiger partial charge in [0.15, 0.2) is 0 Å². The van der Waals surface area contributed by atoms with Crippen LogP contribution in [0.15, 0.2) is 24.3 Å². The van der Waals surface area contributed by atoms with Crippen LogP contribution in [-0.4, -0.2) is 18.3 Å². The number of halogens is 1. The van der Waals surface area contributed by atoms with Gasteiger partial charge in [0.2, 0.25) is 5.91 Å². The molecule has 0 radical (unpaired) electrons. The monoisotopic (exact) mass is 281 g/mol. The predicted molar refractivity (Wildman–Crippen MR) is 83.1 cm³/mol. The van der Waals surface area contributed by atoms with Gasteiger partial charge in [-0.3, -0.25) is 4.79 Å². The van der Waals surface area contributed by atoms with E-state index >= 15 is 0 Å². The Morgan fingerprint density at radius 3 is 2.42 bits per heavy atom. The van der Waals surface area contributed by atoms with E-state index in [9.17, 15) is 4.79 Å². The minimum atomic E-state index is -0.0440. The van der Waals surface area contributed by atoms with Gasteiger partial charge in [-0.25, -0.2) is 0 Å². The Labute approximate surface area is 121 Å². The van der Waals surface area contributed by atoms with Gasteiger partial charge < -0.3 is 4.90 Å². The average Bonchev–Trinajstić information content (AvgIpc) is 2.34. The van der Waals surface area contributed by atoms with Crippen LogP contribution in [0, 0.1) is 5.41 Å². The van der Waals surface area contributed by atoms with Crippen LogP contribution in [0.5, 0.6) is 0 Å². The summed E-state index contributed by atoms with van der Waals surface area (Å²) in [6.45, 7) is 11.3. The molecule has 0 aliphatic heterocycles. The molecule has 0 aliphatic rings. The summed E-state index contributed by atoms with van der Waals surface area (Å²) < 4.78 is 0. The highest BCUT2D eigenvalue weighted by Gasteiger charge is 2.22. The SMILES string of the molecule is CC(C)c1cccc(N(CC(C)(C)C)C(=O)CCl)c1. The number of carbonyl (C=O) groups excluding carboxylic acids is 1. The number of rotatable bonds is 4. The van der Waals surface area contributed by atoms with Crippen LogP contribution in [0.1, 0.15) is 46.1 Å². The van der Waals surface area contributed by atoms with Gasteiger partial charge in [-0.15, -0.1) is 11.6 Å². The molecule has 1 amide bonds. The molecule has 0 N–H and O–H groups in total. The van der Waals surface area contributed by atoms with Crippen LogP contribution >= 0.6 is 11.6 Å². The zero-order chi connectivity index (χ0) is 14.6. The summed E-state index contributed by atoms with van der Waals surface area (Å²) in [4.78, 5) is 13.9. The lowest BCUT2D eigenvalue weighted by molar-refractivity contribution is -0.116. The molecular weight excluding hydrogens is 258 g/mol. The number of hydrogen-bond donors (Lipinski definition) is 0. The molecule has 2 nitrogen and oxygen atoms in total. The van der Waals surface area contributed by atoms with Crippen LogP contribution < -0.4 is 4.90 Å². The zero-order valence-electron chi connectivity index (χ0n) is 12.5. The fourth-order valence-corrected chi connectivity index (χ4v) is 2.07. The van der Waals surface area contributed by atoms with Crippen molar-refractivity contribution in [3.63, 3.8) is 0 Å². The van der Waals surface area contributed by atoms with Crippen LogP contribution in [0.3, 0.4) is 0 Å². The van der Waals surface area contributed by atoms with E-state index in [0.29, 0.717) is 12.5 Å². The second-order valence-electron chi connectivity index (χ2n) is 6.42. The normalized spacial score (nSPS) is 11.7. The third kappa shape index (κ3) is 4.87. The fraction of sp³-hybridized carbons (Fsp3) is 0.562. The van der Waals surface area contributed by atoms with Crippen molar-refractivity contribution in [1.29, 1.82) is 0 Å². The van der Waals surface area contributed by atoms with Crippen LogP contribution in [-0.2, 0) is 4.79 Å². The van der Waals surface area contributed by atoms with Gasteiger partial charge in [-0.1, -0.05) is 46.8 Å². The maximum Gasteiger partial charge on any atom is 0.241 e. The van der Waals surface area contributed by atoms with E-state index in [4.69, 9.17) is 11.6 Å². The molecule has 0 heterocycles. The van der Waals surface area contributed by atoms with Gasteiger partial charge in [-0.05, 0) is 29.0 Å². The standard InChI is InChI=1S/C16H24ClNO/c1-12(2)13-7-6-8-14(9-13)18(15(19)10-17)11-16(3,4)5/h6-9,12H,10-11H2,1-5H3. The van der Waals surface area contributed by atoms with Gasteiger partial charge in [0.1, 0.15) is 5.88 Å². The van der Waals surface area contributed by atoms with Gasteiger partial charge in [-0.2, -0.15) is 0 Å². The van der Waals surface area contributed by atoms with Crippen LogP contribution in [0.25, 0.3) is 0 Å². The smallest absolute Gasteiger partial charge is 0.241 e. The van der Waals surface area contributed by atoms with Crippen molar-refractivity contribution in [1.82, 2.24) is 0 Å². The van der Waals surface area contributed by atoms with E-state index < -0.39 is 0 Å².